The Morgan fingerprint density at radius 3 is 2.52 bits per heavy atom. The summed E-state index contributed by atoms with van der Waals surface area (Å²) in [5.41, 5.74) is 2.35. The van der Waals surface area contributed by atoms with Crippen molar-refractivity contribution in [2.24, 2.45) is 0 Å². The third kappa shape index (κ3) is 3.23. The van der Waals surface area contributed by atoms with Gasteiger partial charge in [0.2, 0.25) is 5.88 Å². The van der Waals surface area contributed by atoms with Crippen LogP contribution in [0.25, 0.3) is 5.82 Å². The molecular formula is C22H25N3O2. The highest BCUT2D eigenvalue weighted by atomic mass is 16.5. The van der Waals surface area contributed by atoms with Gasteiger partial charge in [0.25, 0.3) is 0 Å². The molecule has 0 spiro atoms. The Morgan fingerprint density at radius 1 is 1.19 bits per heavy atom. The second kappa shape index (κ2) is 6.82. The Labute approximate surface area is 159 Å². The van der Waals surface area contributed by atoms with Crippen molar-refractivity contribution in [1.82, 2.24) is 14.8 Å². The molecule has 140 valence electrons. The van der Waals surface area contributed by atoms with Gasteiger partial charge in [0.05, 0.1) is 17.9 Å². The monoisotopic (exact) mass is 363 g/mol. The lowest BCUT2D eigenvalue weighted by Crippen LogP contribution is -2.24. The molecule has 27 heavy (non-hydrogen) atoms. The quantitative estimate of drug-likeness (QED) is 0.716. The summed E-state index contributed by atoms with van der Waals surface area (Å²) < 4.78 is 7.54. The van der Waals surface area contributed by atoms with Crippen molar-refractivity contribution in [3.8, 4) is 11.7 Å². The van der Waals surface area contributed by atoms with E-state index in [2.05, 4.69) is 16.1 Å². The van der Waals surface area contributed by atoms with Crippen LogP contribution in [0.2, 0.25) is 0 Å². The number of hydrogen-bond acceptors (Lipinski definition) is 4. The lowest BCUT2D eigenvalue weighted by atomic mass is 9.88. The van der Waals surface area contributed by atoms with Crippen LogP contribution in [0.5, 0.6) is 5.88 Å². The highest BCUT2D eigenvalue weighted by Crippen LogP contribution is 2.40. The van der Waals surface area contributed by atoms with Crippen molar-refractivity contribution in [1.29, 1.82) is 0 Å². The molecule has 1 aliphatic carbocycles. The highest BCUT2D eigenvalue weighted by molar-refractivity contribution is 5.46. The fourth-order valence-corrected chi connectivity index (χ4v) is 3.59. The van der Waals surface area contributed by atoms with E-state index < -0.39 is 5.60 Å². The second-order valence-electron chi connectivity index (χ2n) is 7.27. The van der Waals surface area contributed by atoms with Crippen LogP contribution in [0.1, 0.15) is 55.0 Å². The predicted molar refractivity (Wildman–Crippen MR) is 104 cm³/mol. The van der Waals surface area contributed by atoms with Gasteiger partial charge in [-0.2, -0.15) is 0 Å². The largest absolute Gasteiger partial charge is 0.477 e. The van der Waals surface area contributed by atoms with Crippen molar-refractivity contribution >= 4 is 0 Å². The molecule has 0 amide bonds. The lowest BCUT2D eigenvalue weighted by Gasteiger charge is -2.24. The van der Waals surface area contributed by atoms with E-state index in [1.54, 1.807) is 11.6 Å². The summed E-state index contributed by atoms with van der Waals surface area (Å²) in [7, 11) is 0. The van der Waals surface area contributed by atoms with E-state index in [1.165, 1.54) is 18.4 Å². The van der Waals surface area contributed by atoms with Crippen LogP contribution in [0.4, 0.5) is 0 Å². The van der Waals surface area contributed by atoms with Crippen LogP contribution in [0.3, 0.4) is 0 Å². The molecule has 1 fully saturated rings. The minimum Gasteiger partial charge on any atom is -0.477 e. The number of nitrogens with zero attached hydrogens (tertiary/aromatic N) is 3. The summed E-state index contributed by atoms with van der Waals surface area (Å²) in [4.78, 5) is 4.60. The molecule has 0 bridgehead atoms. The number of rotatable bonds is 6. The standard InChI is InChI=1S/C22H25N3O2/c1-4-27-21-20(22(3,26)18-8-6-5-7-9-18)15(2)25(24-21)19-13-12-17(14-23-19)16-10-11-16/h5-9,12-14,16,26H,4,10-11H2,1-3H3. The first kappa shape index (κ1) is 17.7. The molecule has 2 heterocycles. The molecular weight excluding hydrogens is 338 g/mol. The third-order valence-electron chi connectivity index (χ3n) is 5.22. The van der Waals surface area contributed by atoms with E-state index in [0.29, 0.717) is 24.0 Å². The van der Waals surface area contributed by atoms with Crippen LogP contribution in [0.15, 0.2) is 48.7 Å². The van der Waals surface area contributed by atoms with Crippen LogP contribution >= 0.6 is 0 Å². The minimum atomic E-state index is -1.22. The van der Waals surface area contributed by atoms with Gasteiger partial charge in [-0.3, -0.25) is 0 Å². The summed E-state index contributed by atoms with van der Waals surface area (Å²) in [5.74, 6) is 1.84. The number of pyridine rings is 1. The van der Waals surface area contributed by atoms with Crippen LogP contribution in [-0.4, -0.2) is 26.5 Å². The van der Waals surface area contributed by atoms with Gasteiger partial charge in [0.1, 0.15) is 5.60 Å². The van der Waals surface area contributed by atoms with Crippen molar-refractivity contribution in [2.75, 3.05) is 6.61 Å². The molecule has 3 aromatic rings. The molecule has 1 atom stereocenters. The van der Waals surface area contributed by atoms with Crippen molar-refractivity contribution < 1.29 is 9.84 Å². The highest BCUT2D eigenvalue weighted by Gasteiger charge is 2.35. The van der Waals surface area contributed by atoms with E-state index in [4.69, 9.17) is 4.74 Å². The van der Waals surface area contributed by atoms with Gasteiger partial charge in [-0.05, 0) is 56.7 Å². The second-order valence-corrected chi connectivity index (χ2v) is 7.27. The lowest BCUT2D eigenvalue weighted by molar-refractivity contribution is 0.0973. The predicted octanol–water partition coefficient (Wildman–Crippen LogP) is 4.11. The van der Waals surface area contributed by atoms with E-state index in [0.717, 1.165) is 17.1 Å². The van der Waals surface area contributed by atoms with E-state index in [-0.39, 0.29) is 0 Å². The first-order chi connectivity index (χ1) is 13.0. The number of benzene rings is 1. The zero-order valence-electron chi connectivity index (χ0n) is 16.0. The summed E-state index contributed by atoms with van der Waals surface area (Å²) in [6.07, 6.45) is 4.43. The van der Waals surface area contributed by atoms with Gasteiger partial charge in [0.15, 0.2) is 5.82 Å². The summed E-state index contributed by atoms with van der Waals surface area (Å²) in [5, 5.41) is 16.0. The van der Waals surface area contributed by atoms with Crippen molar-refractivity contribution in [2.45, 2.75) is 45.1 Å². The molecule has 5 nitrogen and oxygen atoms in total. The molecule has 1 aliphatic rings. The van der Waals surface area contributed by atoms with Crippen LogP contribution in [-0.2, 0) is 5.60 Å². The third-order valence-corrected chi connectivity index (χ3v) is 5.22. The molecule has 0 radical (unpaired) electrons. The molecule has 0 saturated heterocycles. The maximum atomic E-state index is 11.4. The number of aliphatic hydroxyl groups is 1. The average molecular weight is 363 g/mol. The van der Waals surface area contributed by atoms with E-state index in [1.807, 2.05) is 56.4 Å². The fraction of sp³-hybridized carbons (Fsp3) is 0.364. The smallest absolute Gasteiger partial charge is 0.240 e. The molecule has 1 aromatic carbocycles. The first-order valence-corrected chi connectivity index (χ1v) is 9.49. The van der Waals surface area contributed by atoms with Gasteiger partial charge in [-0.1, -0.05) is 36.4 Å². The maximum Gasteiger partial charge on any atom is 0.240 e. The topological polar surface area (TPSA) is 60.2 Å². The average Bonchev–Trinajstić information content (AvgIpc) is 3.47. The van der Waals surface area contributed by atoms with Crippen molar-refractivity contribution in [3.05, 3.63) is 71.0 Å². The van der Waals surface area contributed by atoms with Gasteiger partial charge in [-0.15, -0.1) is 5.10 Å². The van der Waals surface area contributed by atoms with E-state index in [9.17, 15) is 5.11 Å². The Kier molecular flexibility index (Phi) is 4.48. The SMILES string of the molecule is CCOc1nn(-c2ccc(C3CC3)cn2)c(C)c1C(C)(O)c1ccccc1. The Bertz CT molecular complexity index is 926. The Morgan fingerprint density at radius 2 is 1.93 bits per heavy atom. The maximum absolute atomic E-state index is 11.4. The minimum absolute atomic E-state index is 0.442. The number of hydrogen-bond donors (Lipinski definition) is 1. The summed E-state index contributed by atoms with van der Waals surface area (Å²) in [6.45, 7) is 6.11. The molecule has 4 rings (SSSR count). The van der Waals surface area contributed by atoms with Crippen LogP contribution < -0.4 is 4.74 Å². The van der Waals surface area contributed by atoms with Gasteiger partial charge < -0.3 is 9.84 Å². The van der Waals surface area contributed by atoms with Crippen molar-refractivity contribution in [3.63, 3.8) is 0 Å². The summed E-state index contributed by atoms with van der Waals surface area (Å²) >= 11 is 0. The van der Waals surface area contributed by atoms with Gasteiger partial charge in [0, 0.05) is 6.20 Å². The Hall–Kier alpha value is -2.66. The molecule has 1 unspecified atom stereocenters. The zero-order chi connectivity index (χ0) is 19.0. The molecule has 5 heteroatoms. The molecule has 1 N–H and O–H groups in total. The normalized spacial score (nSPS) is 16.1. The van der Waals surface area contributed by atoms with E-state index >= 15 is 0 Å². The van der Waals surface area contributed by atoms with Gasteiger partial charge in [-0.25, -0.2) is 9.67 Å². The summed E-state index contributed by atoms with van der Waals surface area (Å²) in [6, 6.07) is 13.7. The number of ether oxygens (including phenoxy) is 1. The number of aromatic nitrogens is 3. The Balaban J connectivity index is 1.79. The fourth-order valence-electron chi connectivity index (χ4n) is 3.59. The molecule has 1 saturated carbocycles. The molecule has 0 aliphatic heterocycles. The molecule has 2 aromatic heterocycles. The zero-order valence-corrected chi connectivity index (χ0v) is 16.0. The van der Waals surface area contributed by atoms with Crippen LogP contribution in [0, 0.1) is 6.92 Å². The first-order valence-electron chi connectivity index (χ1n) is 9.49. The van der Waals surface area contributed by atoms with Gasteiger partial charge >= 0.3 is 0 Å².